The first-order valence-corrected chi connectivity index (χ1v) is 12.8. The highest BCUT2D eigenvalue weighted by atomic mass is 16.7. The van der Waals surface area contributed by atoms with Crippen LogP contribution in [0.15, 0.2) is 42.5 Å². The van der Waals surface area contributed by atoms with Crippen molar-refractivity contribution in [1.82, 2.24) is 5.06 Å². The fraction of sp³-hybridized carbons (Fsp3) is 0.500. The Morgan fingerprint density at radius 3 is 2.06 bits per heavy atom. The largest absolute Gasteiger partial charge is 0.495 e. The van der Waals surface area contributed by atoms with Crippen LogP contribution in [0.25, 0.3) is 0 Å². The molecule has 2 aromatic carbocycles. The van der Waals surface area contributed by atoms with E-state index in [1.807, 2.05) is 0 Å². The molecule has 0 spiro atoms. The Bertz CT molecular complexity index is 945. The Balaban J connectivity index is 2.07. The molecular formula is C28H41N3O5. The second-order valence-electron chi connectivity index (χ2n) is 8.56. The van der Waals surface area contributed by atoms with Crippen LogP contribution in [0.2, 0.25) is 0 Å². The summed E-state index contributed by atoms with van der Waals surface area (Å²) in [7, 11) is 2.93. The van der Waals surface area contributed by atoms with Gasteiger partial charge >= 0.3 is 6.03 Å². The van der Waals surface area contributed by atoms with Crippen LogP contribution < -0.4 is 20.1 Å². The van der Waals surface area contributed by atoms with Crippen LogP contribution in [0.4, 0.5) is 16.2 Å². The number of carbonyl (C=O) groups excluding carboxylic acids is 2. The number of nitrogens with two attached hydrogens (primary N) is 1. The summed E-state index contributed by atoms with van der Waals surface area (Å²) in [5, 5.41) is 1.22. The van der Waals surface area contributed by atoms with Crippen LogP contribution in [-0.4, -0.2) is 44.4 Å². The van der Waals surface area contributed by atoms with E-state index in [1.165, 1.54) is 62.7 Å². The second-order valence-corrected chi connectivity index (χ2v) is 8.56. The first-order valence-electron chi connectivity index (χ1n) is 12.8. The van der Waals surface area contributed by atoms with Crippen LogP contribution >= 0.6 is 0 Å². The second kappa shape index (κ2) is 15.7. The third-order valence-electron chi connectivity index (χ3n) is 5.98. The van der Waals surface area contributed by atoms with Crippen LogP contribution in [-0.2, 0) is 4.84 Å². The molecule has 0 aliphatic heterocycles. The highest BCUT2D eigenvalue weighted by Crippen LogP contribution is 2.35. The van der Waals surface area contributed by atoms with Crippen molar-refractivity contribution in [3.8, 4) is 11.5 Å². The van der Waals surface area contributed by atoms with Crippen molar-refractivity contribution in [3.63, 3.8) is 0 Å². The maximum atomic E-state index is 12.8. The highest BCUT2D eigenvalue weighted by molar-refractivity contribution is 6.02. The molecule has 0 bridgehead atoms. The van der Waals surface area contributed by atoms with Crippen LogP contribution in [0.5, 0.6) is 11.5 Å². The number of hydrogen-bond donors (Lipinski definition) is 1. The summed E-state index contributed by atoms with van der Waals surface area (Å²) in [6, 6.07) is 11.2. The van der Waals surface area contributed by atoms with E-state index >= 15 is 0 Å². The number of methoxy groups -OCH3 is 1. The van der Waals surface area contributed by atoms with Crippen LogP contribution in [0, 0.1) is 0 Å². The summed E-state index contributed by atoms with van der Waals surface area (Å²) < 4.78 is 11.3. The van der Waals surface area contributed by atoms with Gasteiger partial charge in [0.15, 0.2) is 0 Å². The van der Waals surface area contributed by atoms with E-state index in [-0.39, 0.29) is 5.91 Å². The summed E-state index contributed by atoms with van der Waals surface area (Å²) in [5.41, 5.74) is 6.97. The van der Waals surface area contributed by atoms with Crippen molar-refractivity contribution >= 4 is 23.3 Å². The summed E-state index contributed by atoms with van der Waals surface area (Å²) >= 11 is 0. The van der Waals surface area contributed by atoms with Gasteiger partial charge in [-0.25, -0.2) is 9.86 Å². The van der Waals surface area contributed by atoms with Crippen molar-refractivity contribution in [2.45, 2.75) is 65.2 Å². The van der Waals surface area contributed by atoms with E-state index in [0.29, 0.717) is 35.8 Å². The Hall–Kier alpha value is -3.26. The average molecular weight is 500 g/mol. The van der Waals surface area contributed by atoms with E-state index in [1.54, 1.807) is 49.4 Å². The predicted octanol–water partition coefficient (Wildman–Crippen LogP) is 6.46. The minimum Gasteiger partial charge on any atom is -0.495 e. The van der Waals surface area contributed by atoms with Gasteiger partial charge in [0.25, 0.3) is 5.91 Å². The van der Waals surface area contributed by atoms with Crippen LogP contribution in [0.3, 0.4) is 0 Å². The van der Waals surface area contributed by atoms with Gasteiger partial charge in [0, 0.05) is 12.1 Å². The molecule has 36 heavy (non-hydrogen) atoms. The van der Waals surface area contributed by atoms with Gasteiger partial charge in [-0.15, -0.1) is 0 Å². The molecule has 8 heteroatoms. The van der Waals surface area contributed by atoms with Gasteiger partial charge in [0.2, 0.25) is 0 Å². The maximum absolute atomic E-state index is 12.8. The normalized spacial score (nSPS) is 10.7. The number of primary amides is 1. The predicted molar refractivity (Wildman–Crippen MR) is 143 cm³/mol. The fourth-order valence-corrected chi connectivity index (χ4v) is 4.00. The molecule has 0 saturated carbocycles. The molecule has 0 unspecified atom stereocenters. The topological polar surface area (TPSA) is 94.3 Å². The number of hydroxylamine groups is 2. The molecule has 0 heterocycles. The molecule has 0 saturated heterocycles. The minimum atomic E-state index is -0.704. The summed E-state index contributed by atoms with van der Waals surface area (Å²) in [5.74, 6) is 0.791. The van der Waals surface area contributed by atoms with Gasteiger partial charge in [-0.2, -0.15) is 0 Å². The lowest BCUT2D eigenvalue weighted by molar-refractivity contribution is -0.0915. The first-order chi connectivity index (χ1) is 17.5. The number of urea groups is 1. The maximum Gasteiger partial charge on any atom is 0.324 e. The number of carbonyl (C=O) groups is 2. The quantitative estimate of drug-likeness (QED) is 0.211. The number of ether oxygens (including phenoxy) is 2. The molecule has 0 fully saturated rings. The van der Waals surface area contributed by atoms with Crippen molar-refractivity contribution < 1.29 is 23.9 Å². The smallest absolute Gasteiger partial charge is 0.324 e. The zero-order chi connectivity index (χ0) is 26.3. The number of anilines is 2. The van der Waals surface area contributed by atoms with Crippen LogP contribution in [0.1, 0.15) is 75.6 Å². The molecule has 198 valence electrons. The summed E-state index contributed by atoms with van der Waals surface area (Å²) in [6.07, 6.45) is 9.95. The molecular weight excluding hydrogens is 458 g/mol. The van der Waals surface area contributed by atoms with E-state index < -0.39 is 6.03 Å². The lowest BCUT2D eigenvalue weighted by atomic mass is 10.1. The van der Waals surface area contributed by atoms with Gasteiger partial charge < -0.3 is 15.2 Å². The van der Waals surface area contributed by atoms with E-state index in [9.17, 15) is 9.59 Å². The van der Waals surface area contributed by atoms with Crippen molar-refractivity contribution in [2.75, 3.05) is 32.3 Å². The molecule has 2 rings (SSSR count). The lowest BCUT2D eigenvalue weighted by Gasteiger charge is -2.24. The van der Waals surface area contributed by atoms with Crippen molar-refractivity contribution in [1.29, 1.82) is 0 Å². The monoisotopic (exact) mass is 499 g/mol. The third-order valence-corrected chi connectivity index (χ3v) is 5.98. The van der Waals surface area contributed by atoms with E-state index in [0.717, 1.165) is 18.6 Å². The van der Waals surface area contributed by atoms with Gasteiger partial charge in [-0.05, 0) is 55.8 Å². The molecule has 3 amide bonds. The number of benzene rings is 2. The number of nitrogens with zero attached hydrogens (tertiary/aromatic N) is 2. The Morgan fingerprint density at radius 1 is 0.861 bits per heavy atom. The number of rotatable bonds is 16. The Kier molecular flexibility index (Phi) is 12.6. The number of hydrogen-bond acceptors (Lipinski definition) is 5. The standard InChI is InChI=1S/C28H41N3O5/c1-5-7-8-9-10-11-12-13-20-36-24-17-15-23(16-18-24)31(28(29)33)25-21-22(14-19-26(25)34-3)27(32)30(6-2)35-4/h14-19,21H,5-13,20H2,1-4H3,(H2,29,33). The summed E-state index contributed by atoms with van der Waals surface area (Å²) in [6.45, 7) is 5.06. The lowest BCUT2D eigenvalue weighted by Crippen LogP contribution is -2.33. The Morgan fingerprint density at radius 2 is 1.50 bits per heavy atom. The highest BCUT2D eigenvalue weighted by Gasteiger charge is 2.23. The number of unbranched alkanes of at least 4 members (excludes halogenated alkanes) is 7. The first kappa shape index (κ1) is 29.0. The van der Waals surface area contributed by atoms with E-state index in [2.05, 4.69) is 6.92 Å². The van der Waals surface area contributed by atoms with Crippen molar-refractivity contribution in [2.24, 2.45) is 5.73 Å². The molecule has 2 aromatic rings. The fourth-order valence-electron chi connectivity index (χ4n) is 4.00. The molecule has 0 aromatic heterocycles. The van der Waals surface area contributed by atoms with Gasteiger partial charge in [-0.1, -0.05) is 51.9 Å². The molecule has 2 N–H and O–H groups in total. The molecule has 0 radical (unpaired) electrons. The van der Waals surface area contributed by atoms with Crippen molar-refractivity contribution in [3.05, 3.63) is 48.0 Å². The molecule has 8 nitrogen and oxygen atoms in total. The number of amides is 3. The zero-order valence-corrected chi connectivity index (χ0v) is 22.1. The van der Waals surface area contributed by atoms with Gasteiger partial charge in [-0.3, -0.25) is 14.5 Å². The van der Waals surface area contributed by atoms with Gasteiger partial charge in [0.05, 0.1) is 32.2 Å². The molecule has 0 aliphatic carbocycles. The minimum absolute atomic E-state index is 0.335. The summed E-state index contributed by atoms with van der Waals surface area (Å²) in [4.78, 5) is 31.7. The van der Waals surface area contributed by atoms with Gasteiger partial charge in [0.1, 0.15) is 11.5 Å². The molecule has 0 aliphatic rings. The third kappa shape index (κ3) is 8.45. The zero-order valence-electron chi connectivity index (χ0n) is 22.1. The SMILES string of the molecule is CCCCCCCCCCOc1ccc(N(C(N)=O)c2cc(C(=O)N(CC)OC)ccc2OC)cc1. The van der Waals surface area contributed by atoms with E-state index in [4.69, 9.17) is 20.0 Å². The average Bonchev–Trinajstić information content (AvgIpc) is 2.89. The molecule has 0 atom stereocenters. The Labute approximate surface area is 215 Å².